The molecule has 0 spiro atoms. The summed E-state index contributed by atoms with van der Waals surface area (Å²) in [5.74, 6) is 0.398. The van der Waals surface area contributed by atoms with Crippen molar-refractivity contribution >= 4 is 44.4 Å². The number of fused-ring (bicyclic) bond motifs is 2. The van der Waals surface area contributed by atoms with E-state index in [0.29, 0.717) is 47.0 Å². The average molecular weight is 633 g/mol. The Kier molecular flexibility index (Phi) is 7.52. The molecule has 4 heterocycles. The van der Waals surface area contributed by atoms with Crippen LogP contribution in [0.25, 0.3) is 21.3 Å². The third kappa shape index (κ3) is 5.55. The number of pyridine rings is 1. The molecule has 1 aliphatic heterocycles. The number of hydrogen-bond donors (Lipinski definition) is 2. The van der Waals surface area contributed by atoms with Crippen molar-refractivity contribution in [3.8, 4) is 11.1 Å². The summed E-state index contributed by atoms with van der Waals surface area (Å²) in [5.41, 5.74) is 6.22. The number of carboxylic acids is 1. The number of carboxylic acid groups (broad SMARTS) is 1. The first-order chi connectivity index (χ1) is 22.5. The van der Waals surface area contributed by atoms with Crippen molar-refractivity contribution in [2.24, 2.45) is 5.92 Å². The largest absolute Gasteiger partial charge is 0.476 e. The van der Waals surface area contributed by atoms with Gasteiger partial charge < -0.3 is 10.0 Å². The first-order valence-corrected chi connectivity index (χ1v) is 17.2. The number of para-hydroxylation sites is 1. The zero-order chi connectivity index (χ0) is 31.2. The molecule has 2 N–H and O–H groups in total. The van der Waals surface area contributed by atoms with Crippen LogP contribution in [0.1, 0.15) is 88.5 Å². The SMILES string of the molecule is O=C(Nc1nc2ccccc2s1)c1cccc2c1CN(c1ccc(-c3cnn(CC4CCCCC4)c3C3CC3)c(C(=O)O)n1)CC2. The molecule has 10 heteroatoms. The summed E-state index contributed by atoms with van der Waals surface area (Å²) in [6, 6.07) is 17.5. The zero-order valence-corrected chi connectivity index (χ0v) is 26.4. The molecule has 2 aliphatic carbocycles. The van der Waals surface area contributed by atoms with Crippen molar-refractivity contribution in [2.75, 3.05) is 16.8 Å². The molecule has 3 aromatic heterocycles. The van der Waals surface area contributed by atoms with Crippen molar-refractivity contribution in [1.29, 1.82) is 0 Å². The average Bonchev–Trinajstić information content (AvgIpc) is 3.71. The highest BCUT2D eigenvalue weighted by Gasteiger charge is 2.33. The van der Waals surface area contributed by atoms with Crippen LogP contribution in [0.2, 0.25) is 0 Å². The Labute approximate surface area is 271 Å². The third-order valence-corrected chi connectivity index (χ3v) is 10.7. The molecular weight excluding hydrogens is 597 g/mol. The van der Waals surface area contributed by atoms with E-state index in [0.717, 1.165) is 52.7 Å². The third-order valence-electron chi connectivity index (χ3n) is 9.73. The smallest absolute Gasteiger partial charge is 0.355 e. The lowest BCUT2D eigenvalue weighted by Crippen LogP contribution is -2.33. The molecule has 2 saturated carbocycles. The van der Waals surface area contributed by atoms with Gasteiger partial charge in [0.05, 0.1) is 16.4 Å². The van der Waals surface area contributed by atoms with E-state index in [1.807, 2.05) is 54.7 Å². The summed E-state index contributed by atoms with van der Waals surface area (Å²) in [5, 5.41) is 18.7. The van der Waals surface area contributed by atoms with Crippen molar-refractivity contribution in [1.82, 2.24) is 19.7 Å². The first-order valence-electron chi connectivity index (χ1n) is 16.3. The lowest BCUT2D eigenvalue weighted by molar-refractivity contribution is 0.0691. The Morgan fingerprint density at radius 3 is 2.59 bits per heavy atom. The van der Waals surface area contributed by atoms with Gasteiger partial charge in [-0.15, -0.1) is 0 Å². The molecule has 0 unspecified atom stereocenters. The maximum atomic E-state index is 13.5. The summed E-state index contributed by atoms with van der Waals surface area (Å²) in [6.07, 6.45) is 11.2. The van der Waals surface area contributed by atoms with E-state index in [1.165, 1.54) is 49.1 Å². The molecule has 46 heavy (non-hydrogen) atoms. The number of amides is 1. The fourth-order valence-electron chi connectivity index (χ4n) is 7.23. The first kappa shape index (κ1) is 28.9. The Bertz CT molecular complexity index is 1920. The molecule has 0 atom stereocenters. The van der Waals surface area contributed by atoms with Crippen molar-refractivity contribution in [3.63, 3.8) is 0 Å². The maximum absolute atomic E-state index is 13.5. The number of nitrogens with zero attached hydrogens (tertiary/aromatic N) is 5. The quantitative estimate of drug-likeness (QED) is 0.182. The van der Waals surface area contributed by atoms with Crippen LogP contribution in [-0.4, -0.2) is 43.3 Å². The van der Waals surface area contributed by atoms with E-state index in [9.17, 15) is 14.7 Å². The minimum absolute atomic E-state index is 0.0456. The van der Waals surface area contributed by atoms with Gasteiger partial charge in [0.1, 0.15) is 5.82 Å². The molecule has 0 saturated heterocycles. The predicted octanol–water partition coefficient (Wildman–Crippen LogP) is 7.53. The van der Waals surface area contributed by atoms with Crippen LogP contribution in [0.15, 0.2) is 60.8 Å². The van der Waals surface area contributed by atoms with E-state index >= 15 is 0 Å². The van der Waals surface area contributed by atoms with Crippen molar-refractivity contribution in [2.45, 2.75) is 70.4 Å². The van der Waals surface area contributed by atoms with Gasteiger partial charge >= 0.3 is 5.97 Å². The Morgan fingerprint density at radius 1 is 0.935 bits per heavy atom. The molecule has 1 amide bonds. The van der Waals surface area contributed by atoms with Crippen LogP contribution in [-0.2, 0) is 19.5 Å². The fourth-order valence-corrected chi connectivity index (χ4v) is 8.10. The summed E-state index contributed by atoms with van der Waals surface area (Å²) in [7, 11) is 0. The Morgan fingerprint density at radius 2 is 1.78 bits per heavy atom. The maximum Gasteiger partial charge on any atom is 0.355 e. The highest BCUT2D eigenvalue weighted by Crippen LogP contribution is 2.45. The Balaban J connectivity index is 1.07. The van der Waals surface area contributed by atoms with Crippen LogP contribution >= 0.6 is 11.3 Å². The van der Waals surface area contributed by atoms with Gasteiger partial charge in [0, 0.05) is 47.9 Å². The van der Waals surface area contributed by atoms with Gasteiger partial charge in [0.15, 0.2) is 10.8 Å². The van der Waals surface area contributed by atoms with Crippen LogP contribution in [0, 0.1) is 5.92 Å². The van der Waals surface area contributed by atoms with E-state index < -0.39 is 5.97 Å². The van der Waals surface area contributed by atoms with Crippen LogP contribution in [0.3, 0.4) is 0 Å². The summed E-state index contributed by atoms with van der Waals surface area (Å²) >= 11 is 1.45. The number of aromatic nitrogens is 4. The second-order valence-corrected chi connectivity index (χ2v) is 13.9. The van der Waals surface area contributed by atoms with Crippen molar-refractivity contribution < 1.29 is 14.7 Å². The van der Waals surface area contributed by atoms with Gasteiger partial charge in [-0.05, 0) is 79.5 Å². The van der Waals surface area contributed by atoms with Crippen LogP contribution in [0.5, 0.6) is 0 Å². The molecule has 2 aromatic carbocycles. The van der Waals surface area contributed by atoms with Gasteiger partial charge in [0.25, 0.3) is 5.91 Å². The summed E-state index contributed by atoms with van der Waals surface area (Å²) < 4.78 is 3.18. The molecule has 3 aliphatic rings. The summed E-state index contributed by atoms with van der Waals surface area (Å²) in [6.45, 7) is 2.03. The number of carbonyl (C=O) groups is 2. The number of hydrogen-bond acceptors (Lipinski definition) is 7. The van der Waals surface area contributed by atoms with E-state index in [1.54, 1.807) is 0 Å². The molecule has 2 fully saturated rings. The monoisotopic (exact) mass is 632 g/mol. The minimum Gasteiger partial charge on any atom is -0.476 e. The lowest BCUT2D eigenvalue weighted by atomic mass is 9.89. The van der Waals surface area contributed by atoms with Gasteiger partial charge in [-0.25, -0.2) is 14.8 Å². The van der Waals surface area contributed by atoms with Gasteiger partial charge in [-0.3, -0.25) is 14.8 Å². The lowest BCUT2D eigenvalue weighted by Gasteiger charge is -2.31. The highest BCUT2D eigenvalue weighted by atomic mass is 32.1. The molecule has 234 valence electrons. The van der Waals surface area contributed by atoms with Gasteiger partial charge in [-0.1, -0.05) is 54.9 Å². The molecule has 0 bridgehead atoms. The second-order valence-electron chi connectivity index (χ2n) is 12.8. The Hall–Kier alpha value is -4.57. The number of benzene rings is 2. The van der Waals surface area contributed by atoms with E-state index in [4.69, 9.17) is 10.1 Å². The second kappa shape index (κ2) is 12.0. The zero-order valence-electron chi connectivity index (χ0n) is 25.6. The minimum atomic E-state index is -1.05. The molecule has 8 rings (SSSR count). The topological polar surface area (TPSA) is 113 Å². The van der Waals surface area contributed by atoms with Crippen LogP contribution in [0.4, 0.5) is 10.9 Å². The number of carbonyl (C=O) groups excluding carboxylic acids is 1. The number of rotatable bonds is 8. The number of nitrogens with one attached hydrogen (secondary N) is 1. The van der Waals surface area contributed by atoms with Crippen LogP contribution < -0.4 is 10.2 Å². The van der Waals surface area contributed by atoms with E-state index in [-0.39, 0.29) is 11.6 Å². The normalized spacial score (nSPS) is 16.8. The standard InChI is InChI=1S/C36H36N6O3S/c43-34(40-36-38-29-11-4-5-12-30(29)46-36)26-10-6-9-23-17-18-41(21-28(23)26)31-16-15-25(32(39-31)35(44)45)27-19-37-42(33(27)24-13-14-24)20-22-7-2-1-3-8-22/h4-6,9-12,15-16,19,22,24H,1-3,7-8,13-14,17-18,20-21H2,(H,44,45)(H,38,40,43). The van der Waals surface area contributed by atoms with E-state index in [2.05, 4.69) is 25.9 Å². The molecule has 0 radical (unpaired) electrons. The summed E-state index contributed by atoms with van der Waals surface area (Å²) in [4.78, 5) is 37.5. The molecular formula is C36H36N6O3S. The number of anilines is 2. The highest BCUT2D eigenvalue weighted by molar-refractivity contribution is 7.22. The fraction of sp³-hybridized carbons (Fsp3) is 0.361. The van der Waals surface area contributed by atoms with Gasteiger partial charge in [0.2, 0.25) is 0 Å². The predicted molar refractivity (Wildman–Crippen MR) is 180 cm³/mol. The number of aromatic carboxylic acids is 1. The molecule has 5 aromatic rings. The van der Waals surface area contributed by atoms with Crippen molar-refractivity contribution in [3.05, 3.63) is 88.9 Å². The number of thiazole rings is 1. The molecule has 9 nitrogen and oxygen atoms in total. The van der Waals surface area contributed by atoms with Gasteiger partial charge in [-0.2, -0.15) is 5.10 Å².